The fourth-order valence-electron chi connectivity index (χ4n) is 1.74. The zero-order chi connectivity index (χ0) is 12.0. The third kappa shape index (κ3) is 4.06. The lowest BCUT2D eigenvalue weighted by molar-refractivity contribution is 0.225. The Hall–Kier alpha value is -0.680. The van der Waals surface area contributed by atoms with Gasteiger partial charge in [0.25, 0.3) is 0 Å². The molecule has 0 aliphatic rings. The van der Waals surface area contributed by atoms with E-state index in [4.69, 9.17) is 5.73 Å². The first-order valence-corrected chi connectivity index (χ1v) is 6.81. The molecule has 1 heterocycles. The number of rotatable bonds is 7. The molecule has 1 aromatic heterocycles. The quantitative estimate of drug-likeness (QED) is 0.797. The minimum Gasteiger partial charge on any atom is -0.374 e. The predicted octanol–water partition coefficient (Wildman–Crippen LogP) is 2.38. The van der Waals surface area contributed by atoms with Crippen molar-refractivity contribution in [2.75, 3.05) is 18.8 Å². The van der Waals surface area contributed by atoms with Crippen LogP contribution in [0.25, 0.3) is 0 Å². The van der Waals surface area contributed by atoms with Gasteiger partial charge < -0.3 is 5.73 Å². The van der Waals surface area contributed by atoms with E-state index in [9.17, 15) is 0 Å². The van der Waals surface area contributed by atoms with E-state index in [0.717, 1.165) is 30.6 Å². The van der Waals surface area contributed by atoms with Crippen molar-refractivity contribution >= 4 is 16.5 Å². The number of hydrogen-bond acceptors (Lipinski definition) is 5. The SMILES string of the molecule is CCC(CC)CN(CC)Cc1nnc(N)s1. The largest absolute Gasteiger partial charge is 0.374 e. The molecule has 4 nitrogen and oxygen atoms in total. The topological polar surface area (TPSA) is 55.0 Å². The zero-order valence-electron chi connectivity index (χ0n) is 10.4. The second-order valence-corrected chi connectivity index (χ2v) is 5.14. The molecular weight excluding hydrogens is 220 g/mol. The molecule has 0 radical (unpaired) electrons. The van der Waals surface area contributed by atoms with Crippen LogP contribution in [0.2, 0.25) is 0 Å². The summed E-state index contributed by atoms with van der Waals surface area (Å²) in [7, 11) is 0. The molecule has 0 aromatic carbocycles. The highest BCUT2D eigenvalue weighted by Gasteiger charge is 2.12. The molecular formula is C11H22N4S. The number of nitrogen functional groups attached to an aromatic ring is 1. The summed E-state index contributed by atoms with van der Waals surface area (Å²) in [4.78, 5) is 2.41. The normalized spacial score (nSPS) is 11.6. The molecule has 0 bridgehead atoms. The minimum atomic E-state index is 0.564. The summed E-state index contributed by atoms with van der Waals surface area (Å²) < 4.78 is 0. The van der Waals surface area contributed by atoms with Gasteiger partial charge in [-0.3, -0.25) is 4.90 Å². The standard InChI is InChI=1S/C11H22N4S/c1-4-9(5-2)7-15(6-3)8-10-13-14-11(12)16-10/h9H,4-8H2,1-3H3,(H2,12,14). The number of aromatic nitrogens is 2. The summed E-state index contributed by atoms with van der Waals surface area (Å²) in [5.41, 5.74) is 5.58. The average molecular weight is 242 g/mol. The van der Waals surface area contributed by atoms with Gasteiger partial charge in [-0.1, -0.05) is 44.9 Å². The summed E-state index contributed by atoms with van der Waals surface area (Å²) in [6.07, 6.45) is 2.48. The summed E-state index contributed by atoms with van der Waals surface area (Å²) in [6.45, 7) is 9.77. The Balaban J connectivity index is 2.48. The third-order valence-electron chi connectivity index (χ3n) is 2.96. The number of hydrogen-bond donors (Lipinski definition) is 1. The van der Waals surface area contributed by atoms with Crippen LogP contribution < -0.4 is 5.73 Å². The van der Waals surface area contributed by atoms with E-state index in [1.807, 2.05) is 0 Å². The molecule has 92 valence electrons. The van der Waals surface area contributed by atoms with Crippen LogP contribution in [-0.4, -0.2) is 28.2 Å². The van der Waals surface area contributed by atoms with E-state index in [-0.39, 0.29) is 0 Å². The lowest BCUT2D eigenvalue weighted by atomic mass is 10.0. The molecule has 0 aliphatic carbocycles. The van der Waals surface area contributed by atoms with E-state index < -0.39 is 0 Å². The third-order valence-corrected chi connectivity index (χ3v) is 3.70. The van der Waals surface area contributed by atoms with Crippen molar-refractivity contribution in [3.05, 3.63) is 5.01 Å². The molecule has 0 atom stereocenters. The maximum Gasteiger partial charge on any atom is 0.203 e. The van der Waals surface area contributed by atoms with Crippen molar-refractivity contribution in [3.63, 3.8) is 0 Å². The molecule has 0 amide bonds. The van der Waals surface area contributed by atoms with Crippen LogP contribution in [0.3, 0.4) is 0 Å². The Morgan fingerprint density at radius 3 is 2.38 bits per heavy atom. The molecule has 5 heteroatoms. The summed E-state index contributed by atoms with van der Waals surface area (Å²) in [6, 6.07) is 0. The van der Waals surface area contributed by atoms with Gasteiger partial charge in [0.05, 0.1) is 6.54 Å². The first kappa shape index (κ1) is 13.4. The highest BCUT2D eigenvalue weighted by Crippen LogP contribution is 2.16. The van der Waals surface area contributed by atoms with Crippen LogP contribution in [0, 0.1) is 5.92 Å². The summed E-state index contributed by atoms with van der Waals surface area (Å²) in [5, 5.41) is 9.49. The second kappa shape index (κ2) is 6.81. The van der Waals surface area contributed by atoms with Crippen LogP contribution in [-0.2, 0) is 6.54 Å². The molecule has 2 N–H and O–H groups in total. The van der Waals surface area contributed by atoms with E-state index in [1.54, 1.807) is 0 Å². The molecule has 0 fully saturated rings. The van der Waals surface area contributed by atoms with Gasteiger partial charge in [0, 0.05) is 6.54 Å². The molecule has 1 rings (SSSR count). The Kier molecular flexibility index (Phi) is 5.69. The lowest BCUT2D eigenvalue weighted by Crippen LogP contribution is -2.28. The zero-order valence-corrected chi connectivity index (χ0v) is 11.3. The van der Waals surface area contributed by atoms with Crippen molar-refractivity contribution in [2.24, 2.45) is 5.92 Å². The molecule has 0 saturated carbocycles. The Bertz CT molecular complexity index is 296. The first-order valence-electron chi connectivity index (χ1n) is 5.99. The molecule has 0 aliphatic heterocycles. The van der Waals surface area contributed by atoms with Gasteiger partial charge in [0.15, 0.2) is 0 Å². The number of anilines is 1. The van der Waals surface area contributed by atoms with Gasteiger partial charge in [0.1, 0.15) is 5.01 Å². The monoisotopic (exact) mass is 242 g/mol. The van der Waals surface area contributed by atoms with E-state index in [2.05, 4.69) is 35.9 Å². The smallest absolute Gasteiger partial charge is 0.203 e. The summed E-state index contributed by atoms with van der Waals surface area (Å²) in [5.74, 6) is 0.783. The number of nitrogens with zero attached hydrogens (tertiary/aromatic N) is 3. The highest BCUT2D eigenvalue weighted by atomic mass is 32.1. The minimum absolute atomic E-state index is 0.564. The van der Waals surface area contributed by atoms with Crippen molar-refractivity contribution < 1.29 is 0 Å². The van der Waals surface area contributed by atoms with Gasteiger partial charge in [-0.15, -0.1) is 10.2 Å². The predicted molar refractivity (Wildman–Crippen MR) is 69.3 cm³/mol. The van der Waals surface area contributed by atoms with Crippen LogP contribution in [0.5, 0.6) is 0 Å². The fraction of sp³-hybridized carbons (Fsp3) is 0.818. The maximum absolute atomic E-state index is 5.58. The summed E-state index contributed by atoms with van der Waals surface area (Å²) >= 11 is 1.49. The van der Waals surface area contributed by atoms with E-state index in [1.165, 1.54) is 24.2 Å². The molecule has 0 unspecified atom stereocenters. The Morgan fingerprint density at radius 1 is 1.25 bits per heavy atom. The van der Waals surface area contributed by atoms with Gasteiger partial charge in [-0.2, -0.15) is 0 Å². The van der Waals surface area contributed by atoms with Crippen molar-refractivity contribution in [1.82, 2.24) is 15.1 Å². The number of nitrogens with two attached hydrogens (primary N) is 1. The van der Waals surface area contributed by atoms with Crippen molar-refractivity contribution in [1.29, 1.82) is 0 Å². The molecule has 1 aromatic rings. The molecule has 16 heavy (non-hydrogen) atoms. The lowest BCUT2D eigenvalue weighted by Gasteiger charge is -2.23. The van der Waals surface area contributed by atoms with Gasteiger partial charge in [0.2, 0.25) is 5.13 Å². The van der Waals surface area contributed by atoms with Crippen LogP contribution in [0.4, 0.5) is 5.13 Å². The first-order chi connectivity index (χ1) is 7.69. The van der Waals surface area contributed by atoms with E-state index >= 15 is 0 Å². The molecule has 0 saturated heterocycles. The second-order valence-electron chi connectivity index (χ2n) is 4.04. The average Bonchev–Trinajstić information content (AvgIpc) is 2.70. The van der Waals surface area contributed by atoms with Gasteiger partial charge in [-0.25, -0.2) is 0 Å². The Morgan fingerprint density at radius 2 is 1.94 bits per heavy atom. The van der Waals surface area contributed by atoms with Crippen molar-refractivity contribution in [3.8, 4) is 0 Å². The Labute approximate surface area is 102 Å². The highest BCUT2D eigenvalue weighted by molar-refractivity contribution is 7.15. The van der Waals surface area contributed by atoms with Crippen LogP contribution in [0.15, 0.2) is 0 Å². The van der Waals surface area contributed by atoms with Crippen molar-refractivity contribution in [2.45, 2.75) is 40.2 Å². The van der Waals surface area contributed by atoms with Gasteiger partial charge >= 0.3 is 0 Å². The van der Waals surface area contributed by atoms with E-state index in [0.29, 0.717) is 5.13 Å². The van der Waals surface area contributed by atoms with Crippen LogP contribution in [0.1, 0.15) is 38.6 Å². The van der Waals surface area contributed by atoms with Crippen LogP contribution >= 0.6 is 11.3 Å². The maximum atomic E-state index is 5.58. The van der Waals surface area contributed by atoms with Gasteiger partial charge in [-0.05, 0) is 12.5 Å². The molecule has 0 spiro atoms. The fourth-order valence-corrected chi connectivity index (χ4v) is 2.39.